The first-order valence-corrected chi connectivity index (χ1v) is 8.70. The number of rotatable bonds is 5. The van der Waals surface area contributed by atoms with E-state index in [9.17, 15) is 4.79 Å². The Bertz CT molecular complexity index is 936. The Hall–Kier alpha value is -2.50. The molecule has 134 valence electrons. The van der Waals surface area contributed by atoms with Crippen molar-refractivity contribution in [3.05, 3.63) is 70.0 Å². The van der Waals surface area contributed by atoms with Crippen molar-refractivity contribution < 1.29 is 9.53 Å². The third-order valence-electron chi connectivity index (χ3n) is 3.65. The minimum absolute atomic E-state index is 0.104. The van der Waals surface area contributed by atoms with Gasteiger partial charge in [-0.25, -0.2) is 0 Å². The minimum Gasteiger partial charge on any atom is -0.455 e. The van der Waals surface area contributed by atoms with Crippen LogP contribution >= 0.6 is 23.2 Å². The molecule has 7 heteroatoms. The van der Waals surface area contributed by atoms with E-state index in [1.807, 2.05) is 19.9 Å². The summed E-state index contributed by atoms with van der Waals surface area (Å²) in [6.07, 6.45) is 0. The second-order valence-corrected chi connectivity index (χ2v) is 6.70. The summed E-state index contributed by atoms with van der Waals surface area (Å²) in [4.78, 5) is 12.4. The molecule has 0 atom stereocenters. The highest BCUT2D eigenvalue weighted by Crippen LogP contribution is 2.32. The summed E-state index contributed by atoms with van der Waals surface area (Å²) in [5.41, 5.74) is 2.27. The van der Waals surface area contributed by atoms with Gasteiger partial charge in [0.25, 0.3) is 0 Å². The zero-order valence-electron chi connectivity index (χ0n) is 14.3. The fraction of sp³-hybridized carbons (Fsp3) is 0.158. The van der Waals surface area contributed by atoms with E-state index < -0.39 is 0 Å². The first-order valence-electron chi connectivity index (χ1n) is 7.94. The summed E-state index contributed by atoms with van der Waals surface area (Å²) in [5.74, 6) is 0.864. The second kappa shape index (κ2) is 7.81. The van der Waals surface area contributed by atoms with Crippen LogP contribution in [0.15, 0.2) is 48.5 Å². The Morgan fingerprint density at radius 3 is 2.42 bits per heavy atom. The van der Waals surface area contributed by atoms with Crippen molar-refractivity contribution in [1.29, 1.82) is 0 Å². The van der Waals surface area contributed by atoms with Crippen LogP contribution in [0, 0.1) is 13.8 Å². The van der Waals surface area contributed by atoms with Gasteiger partial charge in [-0.05, 0) is 62.4 Å². The Labute approximate surface area is 161 Å². The quantitative estimate of drug-likeness (QED) is 0.649. The van der Waals surface area contributed by atoms with Crippen LogP contribution in [0.3, 0.4) is 0 Å². The van der Waals surface area contributed by atoms with Gasteiger partial charge in [0.2, 0.25) is 5.91 Å². The number of amides is 1. The lowest BCUT2D eigenvalue weighted by molar-refractivity contribution is -0.116. The molecule has 0 fully saturated rings. The third-order valence-corrected chi connectivity index (χ3v) is 4.14. The van der Waals surface area contributed by atoms with Crippen LogP contribution in [0.25, 0.3) is 0 Å². The number of nitrogens with one attached hydrogen (secondary N) is 1. The van der Waals surface area contributed by atoms with Crippen molar-refractivity contribution >= 4 is 34.8 Å². The summed E-state index contributed by atoms with van der Waals surface area (Å²) in [6, 6.07) is 13.9. The highest BCUT2D eigenvalue weighted by molar-refractivity contribution is 6.31. The van der Waals surface area contributed by atoms with Crippen molar-refractivity contribution in [2.24, 2.45) is 0 Å². The van der Waals surface area contributed by atoms with E-state index in [4.69, 9.17) is 27.9 Å². The zero-order chi connectivity index (χ0) is 18.7. The fourth-order valence-corrected chi connectivity index (χ4v) is 2.78. The average molecular weight is 390 g/mol. The van der Waals surface area contributed by atoms with Gasteiger partial charge < -0.3 is 10.1 Å². The number of carbonyl (C=O) groups excluding carboxylic acids is 1. The number of benzene rings is 2. The van der Waals surface area contributed by atoms with E-state index in [-0.39, 0.29) is 12.5 Å². The van der Waals surface area contributed by atoms with Gasteiger partial charge in [-0.3, -0.25) is 9.48 Å². The van der Waals surface area contributed by atoms with Gasteiger partial charge in [-0.15, -0.1) is 0 Å². The molecule has 0 aliphatic carbocycles. The highest BCUT2D eigenvalue weighted by atomic mass is 35.5. The standard InChI is InChI=1S/C19H17Cl2N3O2/c1-12-9-13(2)24(23-12)11-19(25)22-17-10-15(21)5-8-18(17)26-16-6-3-14(20)4-7-16/h3-10H,11H2,1-2H3,(H,22,25). The van der Waals surface area contributed by atoms with Crippen LogP contribution in [-0.2, 0) is 11.3 Å². The molecular formula is C19H17Cl2N3O2. The van der Waals surface area contributed by atoms with Crippen LogP contribution < -0.4 is 10.1 Å². The number of nitrogens with zero attached hydrogens (tertiary/aromatic N) is 2. The summed E-state index contributed by atoms with van der Waals surface area (Å²) in [7, 11) is 0. The first kappa shape index (κ1) is 18.3. The largest absolute Gasteiger partial charge is 0.455 e. The SMILES string of the molecule is Cc1cc(C)n(CC(=O)Nc2cc(Cl)ccc2Oc2ccc(Cl)cc2)n1. The number of aromatic nitrogens is 2. The van der Waals surface area contributed by atoms with Crippen LogP contribution in [0.1, 0.15) is 11.4 Å². The van der Waals surface area contributed by atoms with Gasteiger partial charge in [0, 0.05) is 15.7 Å². The van der Waals surface area contributed by atoms with Crippen molar-refractivity contribution in [1.82, 2.24) is 9.78 Å². The molecule has 3 aromatic rings. The molecule has 0 bridgehead atoms. The summed E-state index contributed by atoms with van der Waals surface area (Å²) >= 11 is 12.0. The van der Waals surface area contributed by atoms with Gasteiger partial charge in [-0.1, -0.05) is 23.2 Å². The third kappa shape index (κ3) is 4.56. The van der Waals surface area contributed by atoms with Gasteiger partial charge in [0.1, 0.15) is 12.3 Å². The Kier molecular flexibility index (Phi) is 5.49. The summed E-state index contributed by atoms with van der Waals surface area (Å²) < 4.78 is 7.49. The number of ether oxygens (including phenoxy) is 1. The smallest absolute Gasteiger partial charge is 0.246 e. The van der Waals surface area contributed by atoms with Crippen molar-refractivity contribution in [2.75, 3.05) is 5.32 Å². The Balaban J connectivity index is 1.78. The van der Waals surface area contributed by atoms with Gasteiger partial charge in [0.15, 0.2) is 5.75 Å². The molecule has 0 spiro atoms. The van der Waals surface area contributed by atoms with Gasteiger partial charge in [-0.2, -0.15) is 5.10 Å². The Morgan fingerprint density at radius 2 is 1.77 bits per heavy atom. The zero-order valence-corrected chi connectivity index (χ0v) is 15.8. The molecule has 1 heterocycles. The van der Waals surface area contributed by atoms with E-state index in [0.717, 1.165) is 11.4 Å². The fourth-order valence-electron chi connectivity index (χ4n) is 2.48. The first-order chi connectivity index (χ1) is 12.4. The molecule has 0 saturated carbocycles. The molecule has 1 amide bonds. The summed E-state index contributed by atoms with van der Waals surface area (Å²) in [5, 5.41) is 8.24. The Morgan fingerprint density at radius 1 is 1.08 bits per heavy atom. The number of aryl methyl sites for hydroxylation is 2. The minimum atomic E-state index is -0.223. The molecule has 0 unspecified atom stereocenters. The number of halogens is 2. The predicted molar refractivity (Wildman–Crippen MR) is 103 cm³/mol. The summed E-state index contributed by atoms with van der Waals surface area (Å²) in [6.45, 7) is 3.89. The molecule has 0 aliphatic heterocycles. The lowest BCUT2D eigenvalue weighted by atomic mass is 10.2. The van der Waals surface area contributed by atoms with Gasteiger partial charge in [0.05, 0.1) is 11.4 Å². The molecule has 1 N–H and O–H groups in total. The molecule has 1 aromatic heterocycles. The molecule has 26 heavy (non-hydrogen) atoms. The van der Waals surface area contributed by atoms with Crippen molar-refractivity contribution in [2.45, 2.75) is 20.4 Å². The van der Waals surface area contributed by atoms with Crippen LogP contribution in [-0.4, -0.2) is 15.7 Å². The molecular weight excluding hydrogens is 373 g/mol. The van der Waals surface area contributed by atoms with Crippen LogP contribution in [0.4, 0.5) is 5.69 Å². The molecule has 2 aromatic carbocycles. The molecule has 5 nitrogen and oxygen atoms in total. The van der Waals surface area contributed by atoms with E-state index in [1.165, 1.54) is 0 Å². The monoisotopic (exact) mass is 389 g/mol. The van der Waals surface area contributed by atoms with Crippen molar-refractivity contribution in [3.63, 3.8) is 0 Å². The normalized spacial score (nSPS) is 10.6. The number of carbonyl (C=O) groups is 1. The van der Waals surface area contributed by atoms with Crippen molar-refractivity contribution in [3.8, 4) is 11.5 Å². The second-order valence-electron chi connectivity index (χ2n) is 5.83. The highest BCUT2D eigenvalue weighted by Gasteiger charge is 2.12. The van der Waals surface area contributed by atoms with E-state index in [0.29, 0.717) is 27.2 Å². The maximum atomic E-state index is 12.4. The van der Waals surface area contributed by atoms with E-state index >= 15 is 0 Å². The molecule has 0 aliphatic rings. The topological polar surface area (TPSA) is 56.2 Å². The number of anilines is 1. The maximum Gasteiger partial charge on any atom is 0.246 e. The maximum absolute atomic E-state index is 12.4. The number of hydrogen-bond acceptors (Lipinski definition) is 3. The lowest BCUT2D eigenvalue weighted by Gasteiger charge is -2.13. The molecule has 0 saturated heterocycles. The van der Waals surface area contributed by atoms with Crippen LogP contribution in [0.5, 0.6) is 11.5 Å². The van der Waals surface area contributed by atoms with E-state index in [2.05, 4.69) is 10.4 Å². The molecule has 0 radical (unpaired) electrons. The van der Waals surface area contributed by atoms with E-state index in [1.54, 1.807) is 47.1 Å². The molecule has 3 rings (SSSR count). The number of hydrogen-bond donors (Lipinski definition) is 1. The van der Waals surface area contributed by atoms with Crippen LogP contribution in [0.2, 0.25) is 10.0 Å². The van der Waals surface area contributed by atoms with Gasteiger partial charge >= 0.3 is 0 Å². The lowest BCUT2D eigenvalue weighted by Crippen LogP contribution is -2.20. The average Bonchev–Trinajstić information content (AvgIpc) is 2.89. The predicted octanol–water partition coefficient (Wildman–Crippen LogP) is 5.24.